The summed E-state index contributed by atoms with van der Waals surface area (Å²) in [6.45, 7) is 2.57. The summed E-state index contributed by atoms with van der Waals surface area (Å²) in [6, 6.07) is 9.01. The SMILES string of the molecule is Cc1[c]c(C)c(-c2ccc(N(C)C)cc2)c(C(F)(C(F)(F)F)C(F)(F)F)c1. The molecule has 0 aliphatic carbocycles. The van der Waals surface area contributed by atoms with E-state index >= 15 is 0 Å². The summed E-state index contributed by atoms with van der Waals surface area (Å²) in [4.78, 5) is 1.71. The summed E-state index contributed by atoms with van der Waals surface area (Å²) < 4.78 is 94.6. The number of hydrogen-bond acceptors (Lipinski definition) is 1. The maximum absolute atomic E-state index is 14.8. The summed E-state index contributed by atoms with van der Waals surface area (Å²) in [7, 11) is 3.45. The Morgan fingerprint density at radius 2 is 1.30 bits per heavy atom. The molecule has 27 heavy (non-hydrogen) atoms. The topological polar surface area (TPSA) is 3.24 Å². The van der Waals surface area contributed by atoms with Crippen LogP contribution < -0.4 is 4.90 Å². The summed E-state index contributed by atoms with van der Waals surface area (Å²) >= 11 is 0. The first kappa shape index (κ1) is 21.1. The van der Waals surface area contributed by atoms with Gasteiger partial charge in [0.15, 0.2) is 0 Å². The van der Waals surface area contributed by atoms with E-state index in [1.165, 1.54) is 38.1 Å². The summed E-state index contributed by atoms with van der Waals surface area (Å²) in [5.74, 6) is 0. The third-order valence-electron chi connectivity index (χ3n) is 4.21. The lowest BCUT2D eigenvalue weighted by atomic mass is 9.83. The second-order valence-electron chi connectivity index (χ2n) is 6.46. The van der Waals surface area contributed by atoms with Crippen molar-refractivity contribution < 1.29 is 30.7 Å². The number of hydrogen-bond donors (Lipinski definition) is 0. The monoisotopic (exact) mass is 392 g/mol. The predicted octanol–water partition coefficient (Wildman–Crippen LogP) is 6.13. The van der Waals surface area contributed by atoms with Gasteiger partial charge in [-0.05, 0) is 54.3 Å². The van der Waals surface area contributed by atoms with Gasteiger partial charge < -0.3 is 4.90 Å². The molecule has 0 aliphatic rings. The Labute approximate surface area is 152 Å². The third-order valence-corrected chi connectivity index (χ3v) is 4.21. The van der Waals surface area contributed by atoms with Gasteiger partial charge in [0.2, 0.25) is 0 Å². The van der Waals surface area contributed by atoms with Gasteiger partial charge in [0.1, 0.15) is 0 Å². The minimum Gasteiger partial charge on any atom is -0.378 e. The number of nitrogens with zero attached hydrogens (tertiary/aromatic N) is 1. The van der Waals surface area contributed by atoms with Crippen LogP contribution in [0.15, 0.2) is 30.3 Å². The maximum atomic E-state index is 14.8. The molecule has 0 saturated heterocycles. The van der Waals surface area contributed by atoms with E-state index in [9.17, 15) is 30.7 Å². The fourth-order valence-corrected chi connectivity index (χ4v) is 2.92. The van der Waals surface area contributed by atoms with E-state index in [-0.39, 0.29) is 16.7 Å². The van der Waals surface area contributed by atoms with Gasteiger partial charge in [-0.2, -0.15) is 26.3 Å². The molecule has 0 heterocycles. The van der Waals surface area contributed by atoms with Gasteiger partial charge in [-0.15, -0.1) is 0 Å². The fraction of sp³-hybridized carbons (Fsp3) is 0.368. The van der Waals surface area contributed by atoms with Crippen LogP contribution >= 0.6 is 0 Å². The molecule has 0 aliphatic heterocycles. The van der Waals surface area contributed by atoms with Gasteiger partial charge in [-0.25, -0.2) is 4.39 Å². The molecule has 0 fully saturated rings. The number of aryl methyl sites for hydroxylation is 2. The molecule has 1 nitrogen and oxygen atoms in total. The van der Waals surface area contributed by atoms with Crippen molar-refractivity contribution in [2.45, 2.75) is 31.9 Å². The van der Waals surface area contributed by atoms with Crippen molar-refractivity contribution in [3.8, 4) is 11.1 Å². The van der Waals surface area contributed by atoms with Crippen LogP contribution in [0, 0.1) is 19.9 Å². The zero-order valence-electron chi connectivity index (χ0n) is 15.0. The molecule has 0 saturated carbocycles. The van der Waals surface area contributed by atoms with Crippen molar-refractivity contribution in [1.82, 2.24) is 0 Å². The molecular formula is C19H17F7N. The quantitative estimate of drug-likeness (QED) is 0.569. The smallest absolute Gasteiger partial charge is 0.378 e. The molecule has 0 N–H and O–H groups in total. The lowest BCUT2D eigenvalue weighted by Crippen LogP contribution is -2.50. The Balaban J connectivity index is 2.85. The average molecular weight is 392 g/mol. The van der Waals surface area contributed by atoms with Crippen molar-refractivity contribution in [2.75, 3.05) is 19.0 Å². The van der Waals surface area contributed by atoms with Crippen LogP contribution in [0.5, 0.6) is 0 Å². The second-order valence-corrected chi connectivity index (χ2v) is 6.46. The zero-order valence-corrected chi connectivity index (χ0v) is 15.0. The molecule has 0 spiro atoms. The van der Waals surface area contributed by atoms with E-state index in [2.05, 4.69) is 6.07 Å². The highest BCUT2D eigenvalue weighted by atomic mass is 19.4. The molecule has 0 bridgehead atoms. The van der Waals surface area contributed by atoms with Crippen molar-refractivity contribution >= 4 is 5.69 Å². The van der Waals surface area contributed by atoms with Gasteiger partial charge in [0, 0.05) is 25.3 Å². The van der Waals surface area contributed by atoms with Crippen molar-refractivity contribution in [2.24, 2.45) is 0 Å². The minimum atomic E-state index is -6.18. The van der Waals surface area contributed by atoms with Crippen molar-refractivity contribution in [3.05, 3.63) is 53.1 Å². The molecule has 8 heteroatoms. The zero-order chi connectivity index (χ0) is 20.8. The standard InChI is InChI=1S/C19H17F7N/c1-11-9-12(2)16(13-5-7-14(8-6-13)27(3)4)15(10-11)17(20,18(21,22)23)19(24,25)26/h5-8,10H,1-4H3. The van der Waals surface area contributed by atoms with E-state index in [1.54, 1.807) is 19.0 Å². The van der Waals surface area contributed by atoms with E-state index in [1.807, 2.05) is 0 Å². The Morgan fingerprint density at radius 1 is 0.815 bits per heavy atom. The molecular weight excluding hydrogens is 375 g/mol. The first-order chi connectivity index (χ1) is 12.2. The molecule has 0 unspecified atom stereocenters. The van der Waals surface area contributed by atoms with Crippen LogP contribution in [0.25, 0.3) is 11.1 Å². The van der Waals surface area contributed by atoms with E-state index < -0.39 is 29.1 Å². The Kier molecular flexibility index (Phi) is 5.24. The number of benzene rings is 2. The second kappa shape index (κ2) is 6.73. The first-order valence-electron chi connectivity index (χ1n) is 7.84. The number of rotatable bonds is 3. The third kappa shape index (κ3) is 3.61. The first-order valence-corrected chi connectivity index (χ1v) is 7.84. The van der Waals surface area contributed by atoms with Crippen LogP contribution in [0.1, 0.15) is 16.7 Å². The lowest BCUT2D eigenvalue weighted by molar-refractivity contribution is -0.348. The summed E-state index contributed by atoms with van der Waals surface area (Å²) in [5.41, 5.74) is -6.74. The molecule has 2 aromatic rings. The van der Waals surface area contributed by atoms with Gasteiger partial charge in [-0.1, -0.05) is 18.2 Å². The van der Waals surface area contributed by atoms with Crippen LogP contribution in [0.2, 0.25) is 0 Å². The number of anilines is 1. The van der Waals surface area contributed by atoms with Gasteiger partial charge in [0.05, 0.1) is 0 Å². The highest BCUT2D eigenvalue weighted by molar-refractivity contribution is 5.74. The van der Waals surface area contributed by atoms with Gasteiger partial charge in [-0.3, -0.25) is 0 Å². The van der Waals surface area contributed by atoms with Crippen LogP contribution in [0.3, 0.4) is 0 Å². The lowest BCUT2D eigenvalue weighted by Gasteiger charge is -2.32. The number of halogens is 7. The van der Waals surface area contributed by atoms with Crippen LogP contribution in [0.4, 0.5) is 36.4 Å². The Morgan fingerprint density at radius 3 is 1.70 bits per heavy atom. The highest BCUT2D eigenvalue weighted by Crippen LogP contribution is 2.55. The molecule has 2 rings (SSSR count). The Bertz CT molecular complexity index is 804. The normalized spacial score (nSPS) is 13.0. The predicted molar refractivity (Wildman–Crippen MR) is 89.4 cm³/mol. The average Bonchev–Trinajstić information content (AvgIpc) is 2.51. The van der Waals surface area contributed by atoms with E-state index in [0.717, 1.165) is 0 Å². The summed E-state index contributed by atoms with van der Waals surface area (Å²) in [5, 5.41) is 0. The van der Waals surface area contributed by atoms with Gasteiger partial charge >= 0.3 is 18.0 Å². The van der Waals surface area contributed by atoms with E-state index in [4.69, 9.17) is 0 Å². The molecule has 1 radical (unpaired) electrons. The van der Waals surface area contributed by atoms with E-state index in [0.29, 0.717) is 11.8 Å². The largest absolute Gasteiger partial charge is 0.435 e. The molecule has 0 aromatic heterocycles. The van der Waals surface area contributed by atoms with Crippen LogP contribution in [-0.2, 0) is 5.67 Å². The van der Waals surface area contributed by atoms with Gasteiger partial charge in [0.25, 0.3) is 0 Å². The van der Waals surface area contributed by atoms with Crippen molar-refractivity contribution in [1.29, 1.82) is 0 Å². The Hall–Kier alpha value is -2.25. The fourth-order valence-electron chi connectivity index (χ4n) is 2.92. The summed E-state index contributed by atoms with van der Waals surface area (Å²) in [6.07, 6.45) is -12.4. The number of alkyl halides is 7. The molecule has 147 valence electrons. The highest BCUT2D eigenvalue weighted by Gasteiger charge is 2.74. The molecule has 0 atom stereocenters. The minimum absolute atomic E-state index is 0.00173. The van der Waals surface area contributed by atoms with Crippen molar-refractivity contribution in [3.63, 3.8) is 0 Å². The van der Waals surface area contributed by atoms with Crippen LogP contribution in [-0.4, -0.2) is 26.4 Å². The molecule has 2 aromatic carbocycles. The maximum Gasteiger partial charge on any atom is 0.435 e. The molecule has 0 amide bonds.